The van der Waals surface area contributed by atoms with Crippen LogP contribution in [0.15, 0.2) is 0 Å². The van der Waals surface area contributed by atoms with Crippen LogP contribution in [0, 0.1) is 5.41 Å². The summed E-state index contributed by atoms with van der Waals surface area (Å²) < 4.78 is 6.74. The number of hydrogen-bond donors (Lipinski definition) is 1. The maximum atomic E-state index is 6.74. The molecule has 0 bridgehead atoms. The minimum atomic E-state index is 0.110. The molecule has 3 rings (SSSR count). The fourth-order valence-electron chi connectivity index (χ4n) is 4.83. The van der Waals surface area contributed by atoms with E-state index in [0.717, 1.165) is 25.9 Å². The molecule has 0 unspecified atom stereocenters. The van der Waals surface area contributed by atoms with Crippen molar-refractivity contribution in [1.82, 2.24) is 5.32 Å². The van der Waals surface area contributed by atoms with E-state index in [1.165, 1.54) is 51.4 Å². The monoisotopic (exact) mass is 265 g/mol. The van der Waals surface area contributed by atoms with Crippen LogP contribution < -0.4 is 5.32 Å². The Kier molecular flexibility index (Phi) is 3.68. The Morgan fingerprint density at radius 1 is 0.842 bits per heavy atom. The fraction of sp³-hybridized carbons (Fsp3) is 1.00. The van der Waals surface area contributed by atoms with Crippen molar-refractivity contribution in [3.8, 4) is 0 Å². The highest BCUT2D eigenvalue weighted by Crippen LogP contribution is 2.53. The van der Waals surface area contributed by atoms with Crippen LogP contribution >= 0.6 is 0 Å². The molecule has 2 nitrogen and oxygen atoms in total. The van der Waals surface area contributed by atoms with E-state index in [-0.39, 0.29) is 11.2 Å². The van der Waals surface area contributed by atoms with Gasteiger partial charge in [0.05, 0.1) is 11.2 Å². The van der Waals surface area contributed by atoms with Crippen LogP contribution in [0.1, 0.15) is 78.1 Å². The first-order chi connectivity index (χ1) is 9.16. The SMILES string of the molecule is CCC1(CC)CNCC2(CCC3(CCCC3)CC2)O1. The second-order valence-corrected chi connectivity index (χ2v) is 7.49. The van der Waals surface area contributed by atoms with Crippen molar-refractivity contribution < 1.29 is 4.74 Å². The van der Waals surface area contributed by atoms with Gasteiger partial charge in [0.1, 0.15) is 0 Å². The molecule has 0 aromatic rings. The van der Waals surface area contributed by atoms with Crippen molar-refractivity contribution in [3.05, 3.63) is 0 Å². The highest BCUT2D eigenvalue weighted by Gasteiger charge is 2.49. The summed E-state index contributed by atoms with van der Waals surface area (Å²) >= 11 is 0. The van der Waals surface area contributed by atoms with Crippen molar-refractivity contribution in [2.45, 2.75) is 89.3 Å². The number of nitrogens with one attached hydrogen (secondary N) is 1. The van der Waals surface area contributed by atoms with Crippen LogP contribution in [0.3, 0.4) is 0 Å². The van der Waals surface area contributed by atoms with Gasteiger partial charge < -0.3 is 10.1 Å². The molecule has 0 amide bonds. The predicted molar refractivity (Wildman–Crippen MR) is 79.4 cm³/mol. The fourth-order valence-corrected chi connectivity index (χ4v) is 4.83. The number of hydrogen-bond acceptors (Lipinski definition) is 2. The van der Waals surface area contributed by atoms with E-state index in [1.807, 2.05) is 0 Å². The average molecular weight is 265 g/mol. The van der Waals surface area contributed by atoms with Crippen molar-refractivity contribution in [3.63, 3.8) is 0 Å². The summed E-state index contributed by atoms with van der Waals surface area (Å²) in [6, 6.07) is 0. The first kappa shape index (κ1) is 13.9. The van der Waals surface area contributed by atoms with E-state index in [0.29, 0.717) is 5.41 Å². The molecule has 110 valence electrons. The van der Waals surface area contributed by atoms with Crippen molar-refractivity contribution in [2.24, 2.45) is 5.41 Å². The molecule has 2 saturated carbocycles. The molecule has 19 heavy (non-hydrogen) atoms. The van der Waals surface area contributed by atoms with Gasteiger partial charge in [-0.1, -0.05) is 26.7 Å². The quantitative estimate of drug-likeness (QED) is 0.813. The summed E-state index contributed by atoms with van der Waals surface area (Å²) in [6.45, 7) is 6.70. The highest BCUT2D eigenvalue weighted by atomic mass is 16.5. The van der Waals surface area contributed by atoms with E-state index >= 15 is 0 Å². The lowest BCUT2D eigenvalue weighted by Crippen LogP contribution is -2.61. The standard InChI is InChI=1S/C17H31NO/c1-3-16(4-2)13-18-14-17(19-16)11-9-15(10-12-17)7-5-6-8-15/h18H,3-14H2,1-2H3. The summed E-state index contributed by atoms with van der Waals surface area (Å²) in [5, 5.41) is 3.69. The summed E-state index contributed by atoms with van der Waals surface area (Å²) in [7, 11) is 0. The molecule has 1 saturated heterocycles. The van der Waals surface area contributed by atoms with Gasteiger partial charge in [0.2, 0.25) is 0 Å². The molecular formula is C17H31NO. The van der Waals surface area contributed by atoms with Gasteiger partial charge in [-0.2, -0.15) is 0 Å². The van der Waals surface area contributed by atoms with Crippen LogP contribution in [0.5, 0.6) is 0 Å². The van der Waals surface area contributed by atoms with Crippen LogP contribution in [-0.4, -0.2) is 24.3 Å². The Labute approximate surface area is 118 Å². The summed E-state index contributed by atoms with van der Waals surface area (Å²) in [4.78, 5) is 0. The van der Waals surface area contributed by atoms with Crippen LogP contribution in [0.25, 0.3) is 0 Å². The molecule has 2 spiro atoms. The maximum absolute atomic E-state index is 6.74. The molecule has 1 aliphatic heterocycles. The Morgan fingerprint density at radius 3 is 2.05 bits per heavy atom. The van der Waals surface area contributed by atoms with Gasteiger partial charge >= 0.3 is 0 Å². The third kappa shape index (κ3) is 2.47. The largest absolute Gasteiger partial charge is 0.366 e. The molecule has 2 aliphatic carbocycles. The average Bonchev–Trinajstić information content (AvgIpc) is 2.92. The lowest BCUT2D eigenvalue weighted by atomic mass is 9.67. The van der Waals surface area contributed by atoms with Crippen molar-refractivity contribution in [1.29, 1.82) is 0 Å². The minimum Gasteiger partial charge on any atom is -0.366 e. The summed E-state index contributed by atoms with van der Waals surface area (Å²) in [6.07, 6.45) is 13.6. The van der Waals surface area contributed by atoms with Gasteiger partial charge in [-0.3, -0.25) is 0 Å². The summed E-state index contributed by atoms with van der Waals surface area (Å²) in [5.74, 6) is 0. The van der Waals surface area contributed by atoms with Gasteiger partial charge in [-0.05, 0) is 56.8 Å². The van der Waals surface area contributed by atoms with Crippen molar-refractivity contribution in [2.75, 3.05) is 13.1 Å². The zero-order valence-corrected chi connectivity index (χ0v) is 12.9. The van der Waals surface area contributed by atoms with Gasteiger partial charge in [0.15, 0.2) is 0 Å². The first-order valence-electron chi connectivity index (χ1n) is 8.57. The first-order valence-corrected chi connectivity index (χ1v) is 8.57. The predicted octanol–water partition coefficient (Wildman–Crippen LogP) is 4.04. The van der Waals surface area contributed by atoms with E-state index in [1.54, 1.807) is 0 Å². The maximum Gasteiger partial charge on any atom is 0.0814 e. The molecule has 1 heterocycles. The molecule has 1 N–H and O–H groups in total. The number of ether oxygens (including phenoxy) is 1. The van der Waals surface area contributed by atoms with Crippen LogP contribution in [0.4, 0.5) is 0 Å². The second-order valence-electron chi connectivity index (χ2n) is 7.49. The molecule has 0 aromatic carbocycles. The van der Waals surface area contributed by atoms with Gasteiger partial charge in [-0.15, -0.1) is 0 Å². The van der Waals surface area contributed by atoms with E-state index < -0.39 is 0 Å². The topological polar surface area (TPSA) is 21.3 Å². The van der Waals surface area contributed by atoms with Gasteiger partial charge in [-0.25, -0.2) is 0 Å². The minimum absolute atomic E-state index is 0.110. The smallest absolute Gasteiger partial charge is 0.0814 e. The van der Waals surface area contributed by atoms with Gasteiger partial charge in [0.25, 0.3) is 0 Å². The number of rotatable bonds is 2. The molecule has 0 radical (unpaired) electrons. The zero-order chi connectivity index (χ0) is 13.4. The molecule has 3 aliphatic rings. The highest BCUT2D eigenvalue weighted by molar-refractivity contribution is 5.02. The Balaban J connectivity index is 1.68. The molecule has 0 atom stereocenters. The second kappa shape index (κ2) is 5.04. The van der Waals surface area contributed by atoms with Crippen LogP contribution in [-0.2, 0) is 4.74 Å². The Morgan fingerprint density at radius 2 is 1.47 bits per heavy atom. The number of morpholine rings is 1. The van der Waals surface area contributed by atoms with Gasteiger partial charge in [0, 0.05) is 13.1 Å². The third-order valence-electron chi connectivity index (χ3n) is 6.50. The van der Waals surface area contributed by atoms with Crippen LogP contribution in [0.2, 0.25) is 0 Å². The molecular weight excluding hydrogens is 234 g/mol. The summed E-state index contributed by atoms with van der Waals surface area (Å²) in [5.41, 5.74) is 0.990. The molecule has 0 aromatic heterocycles. The van der Waals surface area contributed by atoms with E-state index in [9.17, 15) is 0 Å². The van der Waals surface area contributed by atoms with Crippen molar-refractivity contribution >= 4 is 0 Å². The normalized spacial score (nSPS) is 31.9. The lowest BCUT2D eigenvalue weighted by Gasteiger charge is -2.53. The Bertz CT molecular complexity index is 305. The molecule has 3 fully saturated rings. The third-order valence-corrected chi connectivity index (χ3v) is 6.50. The molecule has 2 heteroatoms. The van der Waals surface area contributed by atoms with E-state index in [2.05, 4.69) is 19.2 Å². The zero-order valence-electron chi connectivity index (χ0n) is 12.9. The van der Waals surface area contributed by atoms with E-state index in [4.69, 9.17) is 4.74 Å². The lowest BCUT2D eigenvalue weighted by molar-refractivity contribution is -0.202. The Hall–Kier alpha value is -0.0800.